The molecule has 0 heterocycles. The minimum absolute atomic E-state index is 0.502. The van der Waals surface area contributed by atoms with Crippen LogP contribution in [-0.2, 0) is 11.4 Å². The van der Waals surface area contributed by atoms with Gasteiger partial charge in [-0.3, -0.25) is 0 Å². The molecule has 0 radical (unpaired) electrons. The SMILES string of the molecule is C/C(=N/OCc1ccccc1)[C@@H]1C[C@H]1c1ccc(Cl)cc1. The molecule has 1 aliphatic rings. The van der Waals surface area contributed by atoms with Gasteiger partial charge in [0.2, 0.25) is 0 Å². The van der Waals surface area contributed by atoms with Gasteiger partial charge in [-0.05, 0) is 42.5 Å². The largest absolute Gasteiger partial charge is 0.391 e. The van der Waals surface area contributed by atoms with Gasteiger partial charge in [0.15, 0.2) is 0 Å². The maximum atomic E-state index is 5.92. The van der Waals surface area contributed by atoms with E-state index in [9.17, 15) is 0 Å². The molecule has 3 heteroatoms. The van der Waals surface area contributed by atoms with Crippen LogP contribution in [0.4, 0.5) is 0 Å². The summed E-state index contributed by atoms with van der Waals surface area (Å²) in [6, 6.07) is 18.2. The number of oxime groups is 1. The Morgan fingerprint density at radius 1 is 1.14 bits per heavy atom. The summed E-state index contributed by atoms with van der Waals surface area (Å²) >= 11 is 5.92. The molecule has 3 rings (SSSR count). The molecule has 2 aromatic rings. The molecule has 1 aliphatic carbocycles. The molecule has 0 aliphatic heterocycles. The van der Waals surface area contributed by atoms with Gasteiger partial charge in [0, 0.05) is 10.9 Å². The van der Waals surface area contributed by atoms with Crippen molar-refractivity contribution in [3.63, 3.8) is 0 Å². The van der Waals surface area contributed by atoms with E-state index in [2.05, 4.69) is 17.3 Å². The smallest absolute Gasteiger partial charge is 0.142 e. The average molecular weight is 300 g/mol. The van der Waals surface area contributed by atoms with Crippen LogP contribution in [-0.4, -0.2) is 5.71 Å². The third kappa shape index (κ3) is 3.64. The summed E-state index contributed by atoms with van der Waals surface area (Å²) in [5.74, 6) is 1.06. The highest BCUT2D eigenvalue weighted by molar-refractivity contribution is 6.30. The quantitative estimate of drug-likeness (QED) is 0.560. The Morgan fingerprint density at radius 2 is 1.86 bits per heavy atom. The van der Waals surface area contributed by atoms with E-state index in [0.29, 0.717) is 18.4 Å². The van der Waals surface area contributed by atoms with Crippen molar-refractivity contribution >= 4 is 17.3 Å². The van der Waals surface area contributed by atoms with E-state index >= 15 is 0 Å². The second-order valence-electron chi connectivity index (χ2n) is 5.49. The molecule has 0 N–H and O–H groups in total. The molecule has 0 spiro atoms. The monoisotopic (exact) mass is 299 g/mol. The fourth-order valence-electron chi connectivity index (χ4n) is 2.59. The molecule has 0 bridgehead atoms. The van der Waals surface area contributed by atoms with Crippen LogP contribution < -0.4 is 0 Å². The normalized spacial score (nSPS) is 21.1. The van der Waals surface area contributed by atoms with Crippen molar-refractivity contribution in [3.8, 4) is 0 Å². The molecule has 21 heavy (non-hydrogen) atoms. The fraction of sp³-hybridized carbons (Fsp3) is 0.278. The lowest BCUT2D eigenvalue weighted by molar-refractivity contribution is 0.129. The van der Waals surface area contributed by atoms with Crippen LogP contribution in [0.2, 0.25) is 5.02 Å². The Morgan fingerprint density at radius 3 is 2.57 bits per heavy atom. The van der Waals surface area contributed by atoms with E-state index in [1.807, 2.05) is 49.4 Å². The summed E-state index contributed by atoms with van der Waals surface area (Å²) in [5.41, 5.74) is 3.55. The Hall–Kier alpha value is -1.80. The summed E-state index contributed by atoms with van der Waals surface area (Å²) in [4.78, 5) is 5.45. The van der Waals surface area contributed by atoms with Gasteiger partial charge >= 0.3 is 0 Å². The third-order valence-corrected chi connectivity index (χ3v) is 4.16. The molecule has 0 saturated heterocycles. The van der Waals surface area contributed by atoms with Crippen molar-refractivity contribution in [1.82, 2.24) is 0 Å². The average Bonchev–Trinajstić information content (AvgIpc) is 3.30. The Balaban J connectivity index is 1.53. The maximum Gasteiger partial charge on any atom is 0.142 e. The second-order valence-corrected chi connectivity index (χ2v) is 5.93. The third-order valence-electron chi connectivity index (χ3n) is 3.91. The van der Waals surface area contributed by atoms with E-state index in [-0.39, 0.29) is 0 Å². The standard InChI is InChI=1S/C18H18ClNO/c1-13(20-21-12-14-5-3-2-4-6-14)17-11-18(17)15-7-9-16(19)10-8-15/h2-10,17-18H,11-12H2,1H3/b20-13-/t17-,18-/m0/s1. The molecule has 108 valence electrons. The highest BCUT2D eigenvalue weighted by atomic mass is 35.5. The zero-order chi connectivity index (χ0) is 14.7. The predicted octanol–water partition coefficient (Wildman–Crippen LogP) is 5.04. The van der Waals surface area contributed by atoms with E-state index in [0.717, 1.165) is 22.7 Å². The minimum atomic E-state index is 0.502. The zero-order valence-electron chi connectivity index (χ0n) is 12.0. The van der Waals surface area contributed by atoms with E-state index in [1.54, 1.807) is 0 Å². The molecule has 0 unspecified atom stereocenters. The van der Waals surface area contributed by atoms with Crippen LogP contribution in [0, 0.1) is 5.92 Å². The lowest BCUT2D eigenvalue weighted by atomic mass is 10.1. The predicted molar refractivity (Wildman–Crippen MR) is 86.6 cm³/mol. The Kier molecular flexibility index (Phi) is 4.26. The van der Waals surface area contributed by atoms with E-state index in [1.165, 1.54) is 5.56 Å². The van der Waals surface area contributed by atoms with Crippen molar-refractivity contribution < 1.29 is 4.84 Å². The Bertz CT molecular complexity index is 621. The van der Waals surface area contributed by atoms with Gasteiger partial charge in [-0.25, -0.2) is 0 Å². The molecule has 0 aromatic heterocycles. The van der Waals surface area contributed by atoms with Crippen molar-refractivity contribution in [2.24, 2.45) is 11.1 Å². The van der Waals surface area contributed by atoms with Gasteiger partial charge in [-0.15, -0.1) is 0 Å². The topological polar surface area (TPSA) is 21.6 Å². The summed E-state index contributed by atoms with van der Waals surface area (Å²) < 4.78 is 0. The van der Waals surface area contributed by atoms with Crippen LogP contribution >= 0.6 is 11.6 Å². The number of rotatable bonds is 5. The number of nitrogens with zero attached hydrogens (tertiary/aromatic N) is 1. The minimum Gasteiger partial charge on any atom is -0.391 e. The van der Waals surface area contributed by atoms with Crippen LogP contribution in [0.1, 0.15) is 30.4 Å². The van der Waals surface area contributed by atoms with E-state index < -0.39 is 0 Å². The number of halogens is 1. The van der Waals surface area contributed by atoms with Crippen LogP contribution in [0.15, 0.2) is 59.8 Å². The van der Waals surface area contributed by atoms with Crippen molar-refractivity contribution in [3.05, 3.63) is 70.7 Å². The highest BCUT2D eigenvalue weighted by Crippen LogP contribution is 2.48. The molecule has 2 nitrogen and oxygen atoms in total. The van der Waals surface area contributed by atoms with Gasteiger partial charge < -0.3 is 4.84 Å². The van der Waals surface area contributed by atoms with Crippen LogP contribution in [0.3, 0.4) is 0 Å². The molecule has 2 atom stereocenters. The number of hydrogen-bond donors (Lipinski definition) is 0. The lowest BCUT2D eigenvalue weighted by Crippen LogP contribution is -1.98. The first-order valence-corrected chi connectivity index (χ1v) is 7.57. The first kappa shape index (κ1) is 14.2. The summed E-state index contributed by atoms with van der Waals surface area (Å²) in [6.45, 7) is 2.57. The molecular weight excluding hydrogens is 282 g/mol. The summed E-state index contributed by atoms with van der Waals surface area (Å²) in [7, 11) is 0. The van der Waals surface area contributed by atoms with Crippen molar-refractivity contribution in [2.45, 2.75) is 25.9 Å². The Labute approximate surface area is 130 Å². The summed E-state index contributed by atoms with van der Waals surface area (Å²) in [6.07, 6.45) is 1.14. The van der Waals surface area contributed by atoms with Gasteiger partial charge in [-0.1, -0.05) is 59.2 Å². The summed E-state index contributed by atoms with van der Waals surface area (Å²) in [5, 5.41) is 5.05. The van der Waals surface area contributed by atoms with Gasteiger partial charge in [-0.2, -0.15) is 0 Å². The van der Waals surface area contributed by atoms with Crippen molar-refractivity contribution in [1.29, 1.82) is 0 Å². The highest BCUT2D eigenvalue weighted by Gasteiger charge is 2.40. The van der Waals surface area contributed by atoms with Gasteiger partial charge in [0.1, 0.15) is 6.61 Å². The first-order chi connectivity index (χ1) is 10.2. The fourth-order valence-corrected chi connectivity index (χ4v) is 2.71. The molecular formula is C18H18ClNO. The maximum absolute atomic E-state index is 5.92. The molecule has 1 saturated carbocycles. The van der Waals surface area contributed by atoms with Gasteiger partial charge in [0.25, 0.3) is 0 Å². The molecule has 1 fully saturated rings. The van der Waals surface area contributed by atoms with Gasteiger partial charge in [0.05, 0.1) is 5.71 Å². The lowest BCUT2D eigenvalue weighted by Gasteiger charge is -2.03. The molecule has 2 aromatic carbocycles. The zero-order valence-corrected chi connectivity index (χ0v) is 12.8. The second kappa shape index (κ2) is 6.31. The first-order valence-electron chi connectivity index (χ1n) is 7.20. The van der Waals surface area contributed by atoms with Crippen LogP contribution in [0.25, 0.3) is 0 Å². The van der Waals surface area contributed by atoms with E-state index in [4.69, 9.17) is 16.4 Å². The number of hydrogen-bond acceptors (Lipinski definition) is 2. The number of benzene rings is 2. The van der Waals surface area contributed by atoms with Crippen LogP contribution in [0.5, 0.6) is 0 Å². The molecule has 0 amide bonds. The van der Waals surface area contributed by atoms with Crippen molar-refractivity contribution in [2.75, 3.05) is 0 Å².